The maximum atomic E-state index is 12.8. The first-order chi connectivity index (χ1) is 10.2. The van der Waals surface area contributed by atoms with E-state index in [1.807, 2.05) is 6.92 Å². The third-order valence-electron chi connectivity index (χ3n) is 3.59. The van der Waals surface area contributed by atoms with E-state index in [1.54, 1.807) is 12.1 Å². The largest absolute Gasteiger partial charge is 0.494 e. The molecule has 1 aromatic carbocycles. The first-order valence-electron chi connectivity index (χ1n) is 7.49. The summed E-state index contributed by atoms with van der Waals surface area (Å²) in [4.78, 5) is 14.0. The summed E-state index contributed by atoms with van der Waals surface area (Å²) >= 11 is 0. The summed E-state index contributed by atoms with van der Waals surface area (Å²) in [6.45, 7) is 4.55. The van der Waals surface area contributed by atoms with Crippen molar-refractivity contribution in [2.75, 3.05) is 26.3 Å². The maximum Gasteiger partial charge on any atom is 0.323 e. The van der Waals surface area contributed by atoms with Gasteiger partial charge in [-0.05, 0) is 57.0 Å². The summed E-state index contributed by atoms with van der Waals surface area (Å²) in [6.07, 6.45) is 2.73. The third kappa shape index (κ3) is 4.70. The van der Waals surface area contributed by atoms with Crippen LogP contribution in [0.25, 0.3) is 0 Å². The topological polar surface area (TPSA) is 38.8 Å². The summed E-state index contributed by atoms with van der Waals surface area (Å²) < 4.78 is 23.4. The zero-order valence-corrected chi connectivity index (χ0v) is 12.4. The zero-order chi connectivity index (χ0) is 15.1. The van der Waals surface area contributed by atoms with Crippen molar-refractivity contribution in [3.63, 3.8) is 0 Å². The molecule has 4 nitrogen and oxygen atoms in total. The molecule has 0 radical (unpaired) electrons. The lowest BCUT2D eigenvalue weighted by Crippen LogP contribution is -2.38. The van der Waals surface area contributed by atoms with Gasteiger partial charge in [0.05, 0.1) is 13.2 Å². The number of nitrogens with zero attached hydrogens (tertiary/aromatic N) is 1. The van der Waals surface area contributed by atoms with Gasteiger partial charge in [0.15, 0.2) is 0 Å². The molecule has 1 aliphatic heterocycles. The molecule has 1 saturated heterocycles. The Kier molecular flexibility index (Phi) is 5.99. The van der Waals surface area contributed by atoms with Crippen molar-refractivity contribution in [3.05, 3.63) is 30.1 Å². The Morgan fingerprint density at radius 1 is 1.38 bits per heavy atom. The number of hydrogen-bond donors (Lipinski definition) is 0. The lowest BCUT2D eigenvalue weighted by atomic mass is 10.2. The van der Waals surface area contributed by atoms with E-state index in [4.69, 9.17) is 9.47 Å². The van der Waals surface area contributed by atoms with Gasteiger partial charge in [0.1, 0.15) is 17.6 Å². The number of carbonyl (C=O) groups is 1. The molecule has 0 bridgehead atoms. The minimum absolute atomic E-state index is 0.101. The summed E-state index contributed by atoms with van der Waals surface area (Å²) in [5, 5.41) is 0. The highest BCUT2D eigenvalue weighted by Crippen LogP contribution is 2.19. The fraction of sp³-hybridized carbons (Fsp3) is 0.562. The highest BCUT2D eigenvalue weighted by atomic mass is 19.1. The Balaban J connectivity index is 1.70. The van der Waals surface area contributed by atoms with Crippen LogP contribution in [0.3, 0.4) is 0 Å². The normalized spacial score (nSPS) is 18.7. The molecule has 1 unspecified atom stereocenters. The number of likely N-dealkylation sites (tertiary alicyclic amines) is 1. The van der Waals surface area contributed by atoms with Gasteiger partial charge in [0.25, 0.3) is 0 Å². The average Bonchev–Trinajstić information content (AvgIpc) is 2.94. The molecule has 1 atom stereocenters. The van der Waals surface area contributed by atoms with Gasteiger partial charge in [0, 0.05) is 6.54 Å². The van der Waals surface area contributed by atoms with E-state index in [-0.39, 0.29) is 17.8 Å². The van der Waals surface area contributed by atoms with Gasteiger partial charge in [-0.2, -0.15) is 0 Å². The predicted molar refractivity (Wildman–Crippen MR) is 77.7 cm³/mol. The van der Waals surface area contributed by atoms with Gasteiger partial charge in [-0.15, -0.1) is 0 Å². The Hall–Kier alpha value is -1.62. The van der Waals surface area contributed by atoms with Gasteiger partial charge >= 0.3 is 5.97 Å². The van der Waals surface area contributed by atoms with Crippen molar-refractivity contribution in [2.24, 2.45) is 0 Å². The second kappa shape index (κ2) is 7.98. The number of hydrogen-bond acceptors (Lipinski definition) is 4. The predicted octanol–water partition coefficient (Wildman–Crippen LogP) is 2.62. The monoisotopic (exact) mass is 295 g/mol. The molecule has 0 aliphatic carbocycles. The van der Waals surface area contributed by atoms with Gasteiger partial charge in [0.2, 0.25) is 0 Å². The van der Waals surface area contributed by atoms with Crippen LogP contribution in [0.2, 0.25) is 0 Å². The van der Waals surface area contributed by atoms with E-state index in [2.05, 4.69) is 4.90 Å². The van der Waals surface area contributed by atoms with Gasteiger partial charge < -0.3 is 9.47 Å². The van der Waals surface area contributed by atoms with Crippen LogP contribution in [0.5, 0.6) is 5.75 Å². The van der Waals surface area contributed by atoms with Crippen LogP contribution in [0.4, 0.5) is 4.39 Å². The van der Waals surface area contributed by atoms with Gasteiger partial charge in [-0.1, -0.05) is 0 Å². The Morgan fingerprint density at radius 2 is 2.14 bits per heavy atom. The van der Waals surface area contributed by atoms with Gasteiger partial charge in [-0.25, -0.2) is 4.39 Å². The highest BCUT2D eigenvalue weighted by Gasteiger charge is 2.31. The first-order valence-corrected chi connectivity index (χ1v) is 7.49. The molecule has 2 rings (SSSR count). The molecule has 0 saturated carbocycles. The maximum absolute atomic E-state index is 12.8. The molecule has 1 heterocycles. The number of halogens is 1. The molecule has 0 aromatic heterocycles. The summed E-state index contributed by atoms with van der Waals surface area (Å²) in [5.74, 6) is 0.283. The minimum Gasteiger partial charge on any atom is -0.494 e. The fourth-order valence-electron chi connectivity index (χ4n) is 2.59. The van der Waals surface area contributed by atoms with Crippen LogP contribution >= 0.6 is 0 Å². The zero-order valence-electron chi connectivity index (χ0n) is 12.4. The molecule has 1 aliphatic rings. The summed E-state index contributed by atoms with van der Waals surface area (Å²) in [7, 11) is 0. The van der Waals surface area contributed by atoms with Crippen LogP contribution in [-0.2, 0) is 9.53 Å². The van der Waals surface area contributed by atoms with Crippen molar-refractivity contribution in [1.29, 1.82) is 0 Å². The molecule has 1 aromatic rings. The fourth-order valence-corrected chi connectivity index (χ4v) is 2.59. The second-order valence-electron chi connectivity index (χ2n) is 5.10. The van der Waals surface area contributed by atoms with Crippen LogP contribution in [-0.4, -0.2) is 43.2 Å². The van der Waals surface area contributed by atoms with E-state index in [0.717, 1.165) is 32.4 Å². The van der Waals surface area contributed by atoms with E-state index >= 15 is 0 Å². The molecular weight excluding hydrogens is 273 g/mol. The van der Waals surface area contributed by atoms with Gasteiger partial charge in [-0.3, -0.25) is 9.69 Å². The van der Waals surface area contributed by atoms with E-state index < -0.39 is 0 Å². The molecule has 1 fully saturated rings. The Morgan fingerprint density at radius 3 is 2.86 bits per heavy atom. The molecule has 0 amide bonds. The molecule has 116 valence electrons. The van der Waals surface area contributed by atoms with Crippen LogP contribution < -0.4 is 4.74 Å². The van der Waals surface area contributed by atoms with E-state index in [1.165, 1.54) is 12.1 Å². The van der Waals surface area contributed by atoms with Crippen molar-refractivity contribution >= 4 is 5.97 Å². The van der Waals surface area contributed by atoms with Crippen LogP contribution in [0.1, 0.15) is 26.2 Å². The Bertz CT molecular complexity index is 449. The second-order valence-corrected chi connectivity index (χ2v) is 5.10. The molecule has 0 spiro atoms. The van der Waals surface area contributed by atoms with E-state index in [0.29, 0.717) is 19.0 Å². The number of esters is 1. The minimum atomic E-state index is -0.267. The van der Waals surface area contributed by atoms with Crippen molar-refractivity contribution in [2.45, 2.75) is 32.2 Å². The molecule has 5 heteroatoms. The number of benzene rings is 1. The quantitative estimate of drug-likeness (QED) is 0.572. The number of rotatable bonds is 7. The van der Waals surface area contributed by atoms with Crippen molar-refractivity contribution < 1.29 is 18.7 Å². The lowest BCUT2D eigenvalue weighted by Gasteiger charge is -2.22. The Labute approximate surface area is 124 Å². The van der Waals surface area contributed by atoms with E-state index in [9.17, 15) is 9.18 Å². The molecule has 0 N–H and O–H groups in total. The highest BCUT2D eigenvalue weighted by molar-refractivity contribution is 5.76. The average molecular weight is 295 g/mol. The summed E-state index contributed by atoms with van der Waals surface area (Å²) in [6, 6.07) is 5.90. The molecular formula is C16H22FNO3. The number of carbonyl (C=O) groups excluding carboxylic acids is 1. The first kappa shape index (κ1) is 15.8. The SMILES string of the molecule is CCOC(=O)C1CCCN1CCCOc1ccc(F)cc1. The standard InChI is InChI=1S/C16H22FNO3/c1-2-20-16(19)15-5-3-10-18(15)11-4-12-21-14-8-6-13(17)7-9-14/h6-9,15H,2-5,10-12H2,1H3. The van der Waals surface area contributed by atoms with Crippen molar-refractivity contribution in [3.8, 4) is 5.75 Å². The summed E-state index contributed by atoms with van der Waals surface area (Å²) in [5.41, 5.74) is 0. The number of ether oxygens (including phenoxy) is 2. The third-order valence-corrected chi connectivity index (χ3v) is 3.59. The lowest BCUT2D eigenvalue weighted by molar-refractivity contribution is -0.148. The smallest absolute Gasteiger partial charge is 0.323 e. The molecule has 21 heavy (non-hydrogen) atoms. The van der Waals surface area contributed by atoms with Crippen molar-refractivity contribution in [1.82, 2.24) is 4.90 Å². The van der Waals surface area contributed by atoms with Crippen LogP contribution in [0, 0.1) is 5.82 Å². The van der Waals surface area contributed by atoms with Crippen LogP contribution in [0.15, 0.2) is 24.3 Å².